The van der Waals surface area contributed by atoms with Gasteiger partial charge in [-0.2, -0.15) is 0 Å². The maximum absolute atomic E-state index is 4.73. The molecule has 0 amide bonds. The van der Waals surface area contributed by atoms with E-state index in [2.05, 4.69) is 47.8 Å². The summed E-state index contributed by atoms with van der Waals surface area (Å²) in [6.45, 7) is 13.0. The zero-order valence-corrected chi connectivity index (χ0v) is 15.7. The van der Waals surface area contributed by atoms with Crippen molar-refractivity contribution in [3.8, 4) is 0 Å². The van der Waals surface area contributed by atoms with Crippen LogP contribution in [0.2, 0.25) is 0 Å². The number of piperidine rings is 1. The van der Waals surface area contributed by atoms with Crippen LogP contribution in [-0.2, 0) is 6.54 Å². The second-order valence-corrected chi connectivity index (χ2v) is 7.57. The zero-order chi connectivity index (χ0) is 16.5. The average molecular weight is 337 g/mol. The van der Waals surface area contributed by atoms with Gasteiger partial charge in [-0.15, -0.1) is 11.3 Å². The van der Waals surface area contributed by atoms with Gasteiger partial charge in [0.1, 0.15) is 0 Å². The second kappa shape index (κ2) is 9.93. The van der Waals surface area contributed by atoms with Gasteiger partial charge in [0.05, 0.1) is 6.54 Å². The fourth-order valence-corrected chi connectivity index (χ4v) is 3.81. The van der Waals surface area contributed by atoms with Crippen LogP contribution in [0.1, 0.15) is 43.6 Å². The summed E-state index contributed by atoms with van der Waals surface area (Å²) >= 11 is 1.79. The summed E-state index contributed by atoms with van der Waals surface area (Å²) in [5.41, 5.74) is 1.34. The molecule has 0 aromatic carbocycles. The van der Waals surface area contributed by atoms with E-state index in [1.165, 1.54) is 49.3 Å². The topological polar surface area (TPSA) is 39.7 Å². The third kappa shape index (κ3) is 6.51. The van der Waals surface area contributed by atoms with Gasteiger partial charge in [-0.05, 0) is 62.7 Å². The first-order valence-electron chi connectivity index (χ1n) is 8.96. The molecule has 4 nitrogen and oxygen atoms in total. The van der Waals surface area contributed by atoms with E-state index in [0.29, 0.717) is 5.92 Å². The molecule has 1 atom stereocenters. The number of guanidine groups is 1. The average Bonchev–Trinajstić information content (AvgIpc) is 2.96. The molecule has 23 heavy (non-hydrogen) atoms. The summed E-state index contributed by atoms with van der Waals surface area (Å²) in [6.07, 6.45) is 4.14. The molecule has 2 heterocycles. The highest BCUT2D eigenvalue weighted by Crippen LogP contribution is 2.16. The summed E-state index contributed by atoms with van der Waals surface area (Å²) in [5.74, 6) is 1.58. The Balaban J connectivity index is 1.77. The fraction of sp³-hybridized carbons (Fsp3) is 0.722. The largest absolute Gasteiger partial charge is 0.357 e. The molecule has 2 N–H and O–H groups in total. The summed E-state index contributed by atoms with van der Waals surface area (Å²) in [6, 6.07) is 2.16. The highest BCUT2D eigenvalue weighted by atomic mass is 32.1. The smallest absolute Gasteiger partial charge is 0.191 e. The predicted molar refractivity (Wildman–Crippen MR) is 101 cm³/mol. The van der Waals surface area contributed by atoms with E-state index in [1.807, 2.05) is 0 Å². The van der Waals surface area contributed by atoms with Crippen LogP contribution >= 0.6 is 11.3 Å². The Morgan fingerprint density at radius 2 is 2.09 bits per heavy atom. The molecule has 5 heteroatoms. The monoisotopic (exact) mass is 336 g/mol. The van der Waals surface area contributed by atoms with Crippen LogP contribution < -0.4 is 10.6 Å². The van der Waals surface area contributed by atoms with Crippen molar-refractivity contribution in [2.45, 2.75) is 46.6 Å². The normalized spacial score (nSPS) is 18.0. The molecule has 0 spiro atoms. The van der Waals surface area contributed by atoms with Crippen molar-refractivity contribution in [2.75, 3.05) is 32.7 Å². The summed E-state index contributed by atoms with van der Waals surface area (Å²) in [5, 5.41) is 9.00. The van der Waals surface area contributed by atoms with Crippen molar-refractivity contribution in [3.05, 3.63) is 21.9 Å². The number of thiophene rings is 1. The summed E-state index contributed by atoms with van der Waals surface area (Å²) < 4.78 is 0. The van der Waals surface area contributed by atoms with E-state index in [4.69, 9.17) is 4.99 Å². The fourth-order valence-electron chi connectivity index (χ4n) is 2.98. The van der Waals surface area contributed by atoms with Gasteiger partial charge in [0, 0.05) is 24.5 Å². The molecule has 2 rings (SSSR count). The number of aryl methyl sites for hydroxylation is 1. The third-order valence-electron chi connectivity index (χ3n) is 4.33. The number of nitrogens with one attached hydrogen (secondary N) is 2. The minimum absolute atomic E-state index is 0.639. The van der Waals surface area contributed by atoms with Gasteiger partial charge in [-0.25, -0.2) is 4.99 Å². The van der Waals surface area contributed by atoms with E-state index < -0.39 is 0 Å². The van der Waals surface area contributed by atoms with Crippen LogP contribution in [0.25, 0.3) is 0 Å². The lowest BCUT2D eigenvalue weighted by Crippen LogP contribution is -2.42. The maximum atomic E-state index is 4.73. The molecule has 130 valence electrons. The number of likely N-dealkylation sites (tertiary alicyclic amines) is 1. The molecular weight excluding hydrogens is 304 g/mol. The van der Waals surface area contributed by atoms with Crippen molar-refractivity contribution < 1.29 is 0 Å². The molecule has 0 saturated carbocycles. The van der Waals surface area contributed by atoms with Crippen molar-refractivity contribution in [1.82, 2.24) is 15.5 Å². The van der Waals surface area contributed by atoms with Crippen LogP contribution in [0, 0.1) is 12.8 Å². The van der Waals surface area contributed by atoms with Gasteiger partial charge >= 0.3 is 0 Å². The predicted octanol–water partition coefficient (Wildman–Crippen LogP) is 3.23. The molecule has 1 fully saturated rings. The molecule has 1 aliphatic rings. The van der Waals surface area contributed by atoms with Gasteiger partial charge in [-0.1, -0.05) is 13.3 Å². The van der Waals surface area contributed by atoms with Crippen LogP contribution in [0.15, 0.2) is 16.4 Å². The van der Waals surface area contributed by atoms with Gasteiger partial charge in [-0.3, -0.25) is 0 Å². The molecule has 0 aliphatic carbocycles. The first-order chi connectivity index (χ1) is 11.2. The highest BCUT2D eigenvalue weighted by Gasteiger charge is 2.13. The Morgan fingerprint density at radius 1 is 1.30 bits per heavy atom. The lowest BCUT2D eigenvalue weighted by atomic mass is 10.1. The first-order valence-corrected chi connectivity index (χ1v) is 9.84. The minimum Gasteiger partial charge on any atom is -0.357 e. The first kappa shape index (κ1) is 18.3. The second-order valence-electron chi connectivity index (χ2n) is 6.57. The number of aliphatic imine (C=N–C) groups is 1. The third-order valence-corrected chi connectivity index (χ3v) is 5.34. The molecule has 1 saturated heterocycles. The Labute approximate surface area is 145 Å². The van der Waals surface area contributed by atoms with Crippen LogP contribution in [0.5, 0.6) is 0 Å². The Hall–Kier alpha value is -1.07. The highest BCUT2D eigenvalue weighted by molar-refractivity contribution is 7.10. The van der Waals surface area contributed by atoms with E-state index in [9.17, 15) is 0 Å². The van der Waals surface area contributed by atoms with E-state index >= 15 is 0 Å². The van der Waals surface area contributed by atoms with Crippen molar-refractivity contribution in [2.24, 2.45) is 10.9 Å². The quantitative estimate of drug-likeness (QED) is 0.593. The van der Waals surface area contributed by atoms with E-state index in [-0.39, 0.29) is 0 Å². The molecule has 0 bridgehead atoms. The summed E-state index contributed by atoms with van der Waals surface area (Å²) in [7, 11) is 0. The molecule has 1 aliphatic heterocycles. The molecule has 1 unspecified atom stereocenters. The van der Waals surface area contributed by atoms with Gasteiger partial charge in [0.2, 0.25) is 0 Å². The van der Waals surface area contributed by atoms with Gasteiger partial charge < -0.3 is 15.5 Å². The molecule has 1 aromatic rings. The van der Waals surface area contributed by atoms with Crippen molar-refractivity contribution >= 4 is 17.3 Å². The van der Waals surface area contributed by atoms with Crippen molar-refractivity contribution in [3.63, 3.8) is 0 Å². The summed E-state index contributed by atoms with van der Waals surface area (Å²) in [4.78, 5) is 8.68. The molecular formula is C18H32N4S. The van der Waals surface area contributed by atoms with E-state index in [0.717, 1.165) is 25.6 Å². The zero-order valence-electron chi connectivity index (χ0n) is 14.9. The molecule has 1 aromatic heterocycles. The number of hydrogen-bond donors (Lipinski definition) is 2. The number of rotatable bonds is 7. The van der Waals surface area contributed by atoms with Crippen LogP contribution in [0.4, 0.5) is 0 Å². The van der Waals surface area contributed by atoms with Crippen LogP contribution in [0.3, 0.4) is 0 Å². The standard InChI is InChI=1S/C18H32N4S/c1-4-19-18(21-13-17-16(3)8-11-23-17)20-12-15(2)14-22-9-6-5-7-10-22/h8,11,15H,4-7,9-10,12-14H2,1-3H3,(H2,19,20,21). The Kier molecular flexibility index (Phi) is 7.89. The number of nitrogens with zero attached hydrogens (tertiary/aromatic N) is 2. The Bertz CT molecular complexity index is 477. The van der Waals surface area contributed by atoms with Gasteiger partial charge in [0.15, 0.2) is 5.96 Å². The maximum Gasteiger partial charge on any atom is 0.191 e. The lowest BCUT2D eigenvalue weighted by Gasteiger charge is -2.29. The lowest BCUT2D eigenvalue weighted by molar-refractivity contribution is 0.201. The number of hydrogen-bond acceptors (Lipinski definition) is 3. The van der Waals surface area contributed by atoms with Gasteiger partial charge in [0.25, 0.3) is 0 Å². The van der Waals surface area contributed by atoms with Crippen LogP contribution in [-0.4, -0.2) is 43.6 Å². The minimum atomic E-state index is 0.639. The SMILES string of the molecule is CCNC(=NCc1sccc1C)NCC(C)CN1CCCCC1. The van der Waals surface area contributed by atoms with Crippen molar-refractivity contribution in [1.29, 1.82) is 0 Å². The Morgan fingerprint density at radius 3 is 2.74 bits per heavy atom. The molecule has 0 radical (unpaired) electrons. The van der Waals surface area contributed by atoms with E-state index in [1.54, 1.807) is 11.3 Å².